The fourth-order valence-corrected chi connectivity index (χ4v) is 2.81. The predicted octanol–water partition coefficient (Wildman–Crippen LogP) is 2.12. The van der Waals surface area contributed by atoms with Crippen molar-refractivity contribution < 1.29 is 9.18 Å². The van der Waals surface area contributed by atoms with Gasteiger partial charge in [0.25, 0.3) is 5.91 Å². The topological polar surface area (TPSA) is 32.3 Å². The number of piperazine rings is 1. The molecule has 0 radical (unpaired) electrons. The van der Waals surface area contributed by atoms with Gasteiger partial charge in [0.1, 0.15) is 5.82 Å². The van der Waals surface area contributed by atoms with Crippen LogP contribution in [-0.4, -0.2) is 42.7 Å². The van der Waals surface area contributed by atoms with Crippen LogP contribution >= 0.6 is 11.8 Å². The number of carbonyl (C=O) groups excluding carboxylic acids is 1. The van der Waals surface area contributed by atoms with Crippen LogP contribution in [0.25, 0.3) is 0 Å². The molecule has 0 saturated carbocycles. The summed E-state index contributed by atoms with van der Waals surface area (Å²) in [6, 6.07) is 4.83. The monoisotopic (exact) mass is 282 g/mol. The normalized spacial score (nSPS) is 19.5. The summed E-state index contributed by atoms with van der Waals surface area (Å²) in [5.74, 6) is 0.347. The van der Waals surface area contributed by atoms with Gasteiger partial charge in [-0.25, -0.2) is 4.39 Å². The van der Waals surface area contributed by atoms with E-state index in [0.717, 1.165) is 13.1 Å². The number of carbonyl (C=O) groups is 1. The molecule has 5 heteroatoms. The highest BCUT2D eigenvalue weighted by Gasteiger charge is 2.24. The minimum absolute atomic E-state index is 0.00338. The van der Waals surface area contributed by atoms with Gasteiger partial charge in [0.2, 0.25) is 0 Å². The summed E-state index contributed by atoms with van der Waals surface area (Å²) in [5.41, 5.74) is 1.18. The van der Waals surface area contributed by atoms with Crippen LogP contribution in [0.4, 0.5) is 4.39 Å². The molecule has 0 spiro atoms. The van der Waals surface area contributed by atoms with E-state index in [1.165, 1.54) is 6.07 Å². The number of rotatable bonds is 3. The van der Waals surface area contributed by atoms with E-state index in [4.69, 9.17) is 0 Å². The maximum atomic E-state index is 13.6. The summed E-state index contributed by atoms with van der Waals surface area (Å²) in [4.78, 5) is 14.3. The third-order valence-corrected chi connectivity index (χ3v) is 3.95. The molecule has 1 N–H and O–H groups in total. The molecule has 1 aromatic carbocycles. The van der Waals surface area contributed by atoms with Crippen LogP contribution < -0.4 is 5.32 Å². The standard InChI is InChI=1S/C14H19FN2OS/c1-10-8-16-5-6-17(10)14(18)11-3-4-13(15)12(7-11)9-19-2/h3-4,7,10,16H,5-6,8-9H2,1-2H3/t10-/m0/s1. The molecule has 1 amide bonds. The summed E-state index contributed by atoms with van der Waals surface area (Å²) in [6.45, 7) is 4.35. The highest BCUT2D eigenvalue weighted by molar-refractivity contribution is 7.97. The Morgan fingerprint density at radius 1 is 1.58 bits per heavy atom. The first-order valence-corrected chi connectivity index (χ1v) is 7.82. The molecule has 2 rings (SSSR count). The molecule has 1 atom stereocenters. The van der Waals surface area contributed by atoms with E-state index in [1.807, 2.05) is 18.1 Å². The third-order valence-electron chi connectivity index (χ3n) is 3.35. The lowest BCUT2D eigenvalue weighted by Gasteiger charge is -2.34. The molecule has 0 bridgehead atoms. The lowest BCUT2D eigenvalue weighted by molar-refractivity contribution is 0.0655. The number of nitrogens with one attached hydrogen (secondary N) is 1. The Balaban J connectivity index is 2.20. The summed E-state index contributed by atoms with van der Waals surface area (Å²) in [5, 5.41) is 3.25. The molecular weight excluding hydrogens is 263 g/mol. The van der Waals surface area contributed by atoms with Gasteiger partial charge in [0.15, 0.2) is 0 Å². The van der Waals surface area contributed by atoms with Gasteiger partial charge in [-0.2, -0.15) is 11.8 Å². The van der Waals surface area contributed by atoms with Gasteiger partial charge in [-0.3, -0.25) is 4.79 Å². The van der Waals surface area contributed by atoms with Crippen molar-refractivity contribution in [3.05, 3.63) is 35.1 Å². The van der Waals surface area contributed by atoms with Crippen molar-refractivity contribution in [1.82, 2.24) is 10.2 Å². The molecule has 19 heavy (non-hydrogen) atoms. The average molecular weight is 282 g/mol. The zero-order chi connectivity index (χ0) is 13.8. The lowest BCUT2D eigenvalue weighted by atomic mass is 10.1. The van der Waals surface area contributed by atoms with Gasteiger partial charge in [-0.05, 0) is 36.9 Å². The Bertz CT molecular complexity index is 467. The Labute approximate surface area is 117 Å². The zero-order valence-electron chi connectivity index (χ0n) is 11.3. The SMILES string of the molecule is CSCc1cc(C(=O)N2CCNC[C@@H]2C)ccc1F. The highest BCUT2D eigenvalue weighted by atomic mass is 32.2. The fraction of sp³-hybridized carbons (Fsp3) is 0.500. The fourth-order valence-electron chi connectivity index (χ4n) is 2.28. The smallest absolute Gasteiger partial charge is 0.254 e. The third kappa shape index (κ3) is 3.28. The maximum absolute atomic E-state index is 13.6. The second-order valence-corrected chi connectivity index (χ2v) is 5.66. The number of nitrogens with zero attached hydrogens (tertiary/aromatic N) is 1. The van der Waals surface area contributed by atoms with Crippen molar-refractivity contribution in [3.63, 3.8) is 0 Å². The van der Waals surface area contributed by atoms with Crippen molar-refractivity contribution in [1.29, 1.82) is 0 Å². The van der Waals surface area contributed by atoms with E-state index in [9.17, 15) is 9.18 Å². The van der Waals surface area contributed by atoms with Crippen LogP contribution in [0.15, 0.2) is 18.2 Å². The van der Waals surface area contributed by atoms with Crippen LogP contribution in [0.1, 0.15) is 22.8 Å². The van der Waals surface area contributed by atoms with Crippen molar-refractivity contribution in [2.75, 3.05) is 25.9 Å². The van der Waals surface area contributed by atoms with Gasteiger partial charge >= 0.3 is 0 Å². The maximum Gasteiger partial charge on any atom is 0.254 e. The van der Waals surface area contributed by atoms with Crippen LogP contribution in [0, 0.1) is 5.82 Å². The molecular formula is C14H19FN2OS. The quantitative estimate of drug-likeness (QED) is 0.921. The Morgan fingerprint density at radius 3 is 3.05 bits per heavy atom. The van der Waals surface area contributed by atoms with Gasteiger partial charge in [0.05, 0.1) is 0 Å². The van der Waals surface area contributed by atoms with E-state index in [1.54, 1.807) is 23.9 Å². The summed E-state index contributed by atoms with van der Waals surface area (Å²) < 4.78 is 13.6. The summed E-state index contributed by atoms with van der Waals surface area (Å²) in [6.07, 6.45) is 1.92. The molecule has 0 aliphatic carbocycles. The van der Waals surface area contributed by atoms with E-state index in [2.05, 4.69) is 5.32 Å². The molecule has 0 unspecified atom stereocenters. The molecule has 0 aromatic heterocycles. The summed E-state index contributed by atoms with van der Waals surface area (Å²) >= 11 is 1.55. The number of amides is 1. The van der Waals surface area contributed by atoms with Crippen LogP contribution in [0.5, 0.6) is 0 Å². The molecule has 1 aliphatic rings. The molecule has 1 heterocycles. The first-order valence-electron chi connectivity index (χ1n) is 6.42. The Hall–Kier alpha value is -1.07. The number of thioether (sulfide) groups is 1. The number of halogens is 1. The Morgan fingerprint density at radius 2 is 2.37 bits per heavy atom. The molecule has 104 valence electrons. The van der Waals surface area contributed by atoms with Crippen molar-refractivity contribution >= 4 is 17.7 Å². The van der Waals surface area contributed by atoms with E-state index in [-0.39, 0.29) is 17.8 Å². The van der Waals surface area contributed by atoms with E-state index < -0.39 is 0 Å². The van der Waals surface area contributed by atoms with Crippen molar-refractivity contribution in [3.8, 4) is 0 Å². The predicted molar refractivity (Wildman–Crippen MR) is 77.0 cm³/mol. The van der Waals surface area contributed by atoms with Gasteiger partial charge in [0, 0.05) is 37.0 Å². The lowest BCUT2D eigenvalue weighted by Crippen LogP contribution is -2.52. The average Bonchev–Trinajstić information content (AvgIpc) is 2.41. The van der Waals surface area contributed by atoms with Crippen molar-refractivity contribution in [2.45, 2.75) is 18.7 Å². The number of hydrogen-bond donors (Lipinski definition) is 1. The molecule has 1 aliphatic heterocycles. The van der Waals surface area contributed by atoms with E-state index >= 15 is 0 Å². The molecule has 1 aromatic rings. The van der Waals surface area contributed by atoms with Crippen LogP contribution in [-0.2, 0) is 5.75 Å². The Kier molecular flexibility index (Phi) is 4.82. The zero-order valence-corrected chi connectivity index (χ0v) is 12.1. The number of benzene rings is 1. The highest BCUT2D eigenvalue weighted by Crippen LogP contribution is 2.18. The van der Waals surface area contributed by atoms with Gasteiger partial charge < -0.3 is 10.2 Å². The first-order chi connectivity index (χ1) is 9.13. The van der Waals surface area contributed by atoms with Gasteiger partial charge in [-0.15, -0.1) is 0 Å². The van der Waals surface area contributed by atoms with Crippen LogP contribution in [0.3, 0.4) is 0 Å². The number of hydrogen-bond acceptors (Lipinski definition) is 3. The first kappa shape index (κ1) is 14.3. The molecule has 1 fully saturated rings. The second-order valence-electron chi connectivity index (χ2n) is 4.79. The van der Waals surface area contributed by atoms with Gasteiger partial charge in [-0.1, -0.05) is 0 Å². The minimum atomic E-state index is -0.237. The molecule has 3 nitrogen and oxygen atoms in total. The minimum Gasteiger partial charge on any atom is -0.333 e. The van der Waals surface area contributed by atoms with E-state index in [0.29, 0.717) is 23.4 Å². The van der Waals surface area contributed by atoms with Crippen molar-refractivity contribution in [2.24, 2.45) is 0 Å². The largest absolute Gasteiger partial charge is 0.333 e. The molecule has 1 saturated heterocycles. The summed E-state index contributed by atoms with van der Waals surface area (Å²) in [7, 11) is 0. The van der Waals surface area contributed by atoms with Crippen LogP contribution in [0.2, 0.25) is 0 Å². The second kappa shape index (κ2) is 6.39.